The molecule has 2 aliphatic heterocycles. The lowest BCUT2D eigenvalue weighted by Crippen LogP contribution is -2.49. The number of hydrogen-bond acceptors (Lipinski definition) is 6. The van der Waals surface area contributed by atoms with Crippen LogP contribution < -0.4 is 14.4 Å². The monoisotopic (exact) mass is 403 g/mol. The third-order valence-corrected chi connectivity index (χ3v) is 5.07. The number of nitrogens with zero attached hydrogens (tertiary/aromatic N) is 3. The van der Waals surface area contributed by atoms with E-state index < -0.39 is 4.92 Å². The Morgan fingerprint density at radius 2 is 1.82 bits per heavy atom. The average Bonchev–Trinajstić information content (AvgIpc) is 2.73. The van der Waals surface area contributed by atoms with E-state index in [4.69, 9.17) is 21.1 Å². The van der Waals surface area contributed by atoms with Crippen LogP contribution in [0.2, 0.25) is 5.02 Å². The molecule has 0 saturated carbocycles. The summed E-state index contributed by atoms with van der Waals surface area (Å²) in [6.07, 6.45) is 0. The molecule has 2 heterocycles. The molecular formula is C19H18ClN3O5. The largest absolute Gasteiger partial charge is 0.486 e. The summed E-state index contributed by atoms with van der Waals surface area (Å²) in [5.74, 6) is 0.926. The van der Waals surface area contributed by atoms with Crippen LogP contribution in [0.25, 0.3) is 0 Å². The highest BCUT2D eigenvalue weighted by atomic mass is 35.5. The van der Waals surface area contributed by atoms with Gasteiger partial charge in [-0.15, -0.1) is 0 Å². The number of hydrogen-bond donors (Lipinski definition) is 0. The quantitative estimate of drug-likeness (QED) is 0.578. The average molecular weight is 404 g/mol. The highest BCUT2D eigenvalue weighted by molar-refractivity contribution is 6.30. The van der Waals surface area contributed by atoms with E-state index in [1.807, 2.05) is 4.90 Å². The molecule has 2 aromatic rings. The van der Waals surface area contributed by atoms with E-state index in [9.17, 15) is 14.9 Å². The zero-order valence-corrected chi connectivity index (χ0v) is 15.7. The summed E-state index contributed by atoms with van der Waals surface area (Å²) < 4.78 is 11.2. The second kappa shape index (κ2) is 7.55. The lowest BCUT2D eigenvalue weighted by molar-refractivity contribution is -0.384. The third-order valence-electron chi connectivity index (χ3n) is 4.84. The molecular weight excluding hydrogens is 386 g/mol. The van der Waals surface area contributed by atoms with Crippen molar-refractivity contribution in [1.82, 2.24) is 4.90 Å². The molecule has 0 radical (unpaired) electrons. The van der Waals surface area contributed by atoms with E-state index in [2.05, 4.69) is 0 Å². The van der Waals surface area contributed by atoms with Gasteiger partial charge in [-0.25, -0.2) is 0 Å². The number of carbonyl (C=O) groups is 1. The van der Waals surface area contributed by atoms with Crippen molar-refractivity contribution in [3.8, 4) is 11.5 Å². The Morgan fingerprint density at radius 3 is 2.57 bits per heavy atom. The minimum Gasteiger partial charge on any atom is -0.486 e. The van der Waals surface area contributed by atoms with Crippen LogP contribution in [0.15, 0.2) is 36.4 Å². The molecule has 2 aliphatic rings. The molecule has 4 rings (SSSR count). The highest BCUT2D eigenvalue weighted by Crippen LogP contribution is 2.35. The van der Waals surface area contributed by atoms with Crippen molar-refractivity contribution in [2.75, 3.05) is 44.3 Å². The van der Waals surface area contributed by atoms with Crippen LogP contribution in [0.5, 0.6) is 11.5 Å². The second-order valence-electron chi connectivity index (χ2n) is 6.50. The lowest BCUT2D eigenvalue weighted by Gasteiger charge is -2.36. The first kappa shape index (κ1) is 18.4. The predicted molar refractivity (Wildman–Crippen MR) is 104 cm³/mol. The molecule has 0 aromatic heterocycles. The summed E-state index contributed by atoms with van der Waals surface area (Å²) in [5, 5.41) is 11.7. The van der Waals surface area contributed by atoms with E-state index in [0.717, 1.165) is 0 Å². The van der Waals surface area contributed by atoms with Crippen LogP contribution in [0.1, 0.15) is 10.4 Å². The summed E-state index contributed by atoms with van der Waals surface area (Å²) in [7, 11) is 0. The number of anilines is 1. The number of nitro benzene ring substituents is 1. The Hall–Kier alpha value is -3.00. The van der Waals surface area contributed by atoms with Gasteiger partial charge in [0.2, 0.25) is 0 Å². The summed E-state index contributed by atoms with van der Waals surface area (Å²) in [4.78, 5) is 27.5. The minimum absolute atomic E-state index is 0.0324. The highest BCUT2D eigenvalue weighted by Gasteiger charge is 2.29. The van der Waals surface area contributed by atoms with Crippen LogP contribution in [0.4, 0.5) is 11.4 Å². The topological polar surface area (TPSA) is 85.2 Å². The van der Waals surface area contributed by atoms with Gasteiger partial charge in [-0.1, -0.05) is 17.7 Å². The van der Waals surface area contributed by atoms with Crippen molar-refractivity contribution in [3.05, 3.63) is 57.1 Å². The Morgan fingerprint density at radius 1 is 1.07 bits per heavy atom. The van der Waals surface area contributed by atoms with E-state index >= 15 is 0 Å². The predicted octanol–water partition coefficient (Wildman–Crippen LogP) is 2.98. The number of halogens is 1. The van der Waals surface area contributed by atoms with Gasteiger partial charge < -0.3 is 19.3 Å². The smallest absolute Gasteiger partial charge is 0.294 e. The lowest BCUT2D eigenvalue weighted by atomic mass is 10.1. The molecule has 0 unspecified atom stereocenters. The molecule has 0 aliphatic carbocycles. The van der Waals surface area contributed by atoms with Gasteiger partial charge in [-0.05, 0) is 24.3 Å². The van der Waals surface area contributed by atoms with Crippen LogP contribution >= 0.6 is 11.6 Å². The van der Waals surface area contributed by atoms with Gasteiger partial charge in [0.05, 0.1) is 10.5 Å². The maximum absolute atomic E-state index is 13.0. The Balaban J connectivity index is 1.50. The summed E-state index contributed by atoms with van der Waals surface area (Å²) in [5.41, 5.74) is 0.952. The van der Waals surface area contributed by atoms with Gasteiger partial charge in [0.25, 0.3) is 11.6 Å². The van der Waals surface area contributed by atoms with Crippen molar-refractivity contribution in [3.63, 3.8) is 0 Å². The fourth-order valence-corrected chi connectivity index (χ4v) is 3.64. The Bertz CT molecular complexity index is 928. The molecule has 0 spiro atoms. The van der Waals surface area contributed by atoms with E-state index in [1.54, 1.807) is 35.2 Å². The molecule has 0 N–H and O–H groups in total. The molecule has 146 valence electrons. The third kappa shape index (κ3) is 3.43. The maximum Gasteiger partial charge on any atom is 0.294 e. The van der Waals surface area contributed by atoms with Gasteiger partial charge in [0, 0.05) is 37.3 Å². The van der Waals surface area contributed by atoms with Crippen LogP contribution in [-0.2, 0) is 0 Å². The SMILES string of the molecule is O=C(c1cccc2c1OCCO2)N1CCN(c2ccc(Cl)cc2[N+](=O)[O-])CC1. The normalized spacial score (nSPS) is 16.0. The molecule has 8 nitrogen and oxygen atoms in total. The first-order chi connectivity index (χ1) is 13.5. The molecule has 0 atom stereocenters. The fourth-order valence-electron chi connectivity index (χ4n) is 3.47. The van der Waals surface area contributed by atoms with Gasteiger partial charge >= 0.3 is 0 Å². The molecule has 1 amide bonds. The number of benzene rings is 2. The zero-order chi connectivity index (χ0) is 19.7. The Labute approximate surface area is 166 Å². The summed E-state index contributed by atoms with van der Waals surface area (Å²) >= 11 is 5.89. The first-order valence-electron chi connectivity index (χ1n) is 8.91. The number of carbonyl (C=O) groups excluding carboxylic acids is 1. The van der Waals surface area contributed by atoms with Gasteiger partial charge in [0.1, 0.15) is 18.9 Å². The van der Waals surface area contributed by atoms with Crippen LogP contribution in [0.3, 0.4) is 0 Å². The van der Waals surface area contributed by atoms with Crippen molar-refractivity contribution in [2.24, 2.45) is 0 Å². The summed E-state index contributed by atoms with van der Waals surface area (Å²) in [6, 6.07) is 9.91. The van der Waals surface area contributed by atoms with Gasteiger partial charge in [0.15, 0.2) is 11.5 Å². The van der Waals surface area contributed by atoms with Crippen molar-refractivity contribution in [1.29, 1.82) is 0 Å². The van der Waals surface area contributed by atoms with Gasteiger partial charge in [-0.3, -0.25) is 14.9 Å². The van der Waals surface area contributed by atoms with Crippen LogP contribution in [0, 0.1) is 10.1 Å². The standard InChI is InChI=1S/C19H18ClN3O5/c20-13-4-5-15(16(12-13)23(25)26)21-6-8-22(9-7-21)19(24)14-2-1-3-17-18(14)28-11-10-27-17/h1-5,12H,6-11H2. The molecule has 1 fully saturated rings. The number of rotatable bonds is 3. The number of amides is 1. The fraction of sp³-hybridized carbons (Fsp3) is 0.316. The summed E-state index contributed by atoms with van der Waals surface area (Å²) in [6.45, 7) is 2.74. The molecule has 9 heteroatoms. The number of para-hydroxylation sites is 1. The van der Waals surface area contributed by atoms with Crippen LogP contribution in [-0.4, -0.2) is 55.1 Å². The molecule has 28 heavy (non-hydrogen) atoms. The minimum atomic E-state index is -0.438. The van der Waals surface area contributed by atoms with Crippen molar-refractivity contribution in [2.45, 2.75) is 0 Å². The molecule has 0 bridgehead atoms. The maximum atomic E-state index is 13.0. The number of ether oxygens (including phenoxy) is 2. The van der Waals surface area contributed by atoms with Crippen molar-refractivity contribution < 1.29 is 19.2 Å². The molecule has 2 aromatic carbocycles. The van der Waals surface area contributed by atoms with E-state index in [0.29, 0.717) is 67.2 Å². The second-order valence-corrected chi connectivity index (χ2v) is 6.94. The number of nitro groups is 1. The first-order valence-corrected chi connectivity index (χ1v) is 9.29. The number of piperazine rings is 1. The van der Waals surface area contributed by atoms with Crippen molar-refractivity contribution >= 4 is 28.9 Å². The van der Waals surface area contributed by atoms with Gasteiger partial charge in [-0.2, -0.15) is 0 Å². The van der Waals surface area contributed by atoms with E-state index in [-0.39, 0.29) is 11.6 Å². The zero-order valence-electron chi connectivity index (χ0n) is 15.0. The molecule has 1 saturated heterocycles. The Kier molecular flexibility index (Phi) is 4.95. The number of fused-ring (bicyclic) bond motifs is 1. The van der Waals surface area contributed by atoms with E-state index in [1.165, 1.54) is 6.07 Å².